The molecule has 3 aromatic rings. The first-order valence-corrected chi connectivity index (χ1v) is 7.74. The lowest BCUT2D eigenvalue weighted by molar-refractivity contribution is 0.130. The fraction of sp³-hybridized carbons (Fsp3) is 0.235. The molecule has 0 fully saturated rings. The molecule has 0 radical (unpaired) electrons. The van der Waals surface area contributed by atoms with Crippen molar-refractivity contribution in [1.82, 2.24) is 24.8 Å². The number of tetrazole rings is 1. The molecule has 0 bridgehead atoms. The van der Waals surface area contributed by atoms with Crippen molar-refractivity contribution in [3.63, 3.8) is 0 Å². The number of hydrogen-bond acceptors (Lipinski definition) is 6. The van der Waals surface area contributed by atoms with Crippen molar-refractivity contribution in [3.05, 3.63) is 69.9 Å². The summed E-state index contributed by atoms with van der Waals surface area (Å²) in [6, 6.07) is 11.2. The molecule has 0 aliphatic heterocycles. The van der Waals surface area contributed by atoms with Crippen molar-refractivity contribution in [3.8, 4) is 5.69 Å². The van der Waals surface area contributed by atoms with E-state index in [0.29, 0.717) is 11.4 Å². The van der Waals surface area contributed by atoms with Gasteiger partial charge in [0, 0.05) is 18.8 Å². The van der Waals surface area contributed by atoms with Gasteiger partial charge >= 0.3 is 5.69 Å². The predicted molar refractivity (Wildman–Crippen MR) is 92.6 cm³/mol. The van der Waals surface area contributed by atoms with Crippen LogP contribution in [0.4, 0.5) is 0 Å². The second-order valence-corrected chi connectivity index (χ2v) is 5.53. The zero-order valence-electron chi connectivity index (χ0n) is 14.2. The number of pyridine rings is 1. The van der Waals surface area contributed by atoms with Crippen molar-refractivity contribution in [2.45, 2.75) is 20.5 Å². The van der Waals surface area contributed by atoms with E-state index in [1.54, 1.807) is 19.3 Å². The first-order valence-electron chi connectivity index (χ1n) is 7.74. The van der Waals surface area contributed by atoms with Gasteiger partial charge in [-0.3, -0.25) is 4.98 Å². The summed E-state index contributed by atoms with van der Waals surface area (Å²) in [7, 11) is 1.55. The topological polar surface area (TPSA) is 87.2 Å². The van der Waals surface area contributed by atoms with E-state index in [2.05, 4.69) is 20.6 Å². The molecule has 0 aliphatic rings. The van der Waals surface area contributed by atoms with E-state index < -0.39 is 0 Å². The van der Waals surface area contributed by atoms with Crippen LogP contribution in [-0.4, -0.2) is 30.5 Å². The van der Waals surface area contributed by atoms with Gasteiger partial charge in [-0.05, 0) is 48.0 Å². The number of aromatic nitrogens is 5. The summed E-state index contributed by atoms with van der Waals surface area (Å²) in [5, 5.41) is 11.8. The number of rotatable bonds is 5. The quantitative estimate of drug-likeness (QED) is 0.521. The third kappa shape index (κ3) is 3.47. The second kappa shape index (κ2) is 7.08. The molecule has 0 spiro atoms. The Hall–Kier alpha value is -3.29. The summed E-state index contributed by atoms with van der Waals surface area (Å²) in [5.41, 5.74) is 3.53. The van der Waals surface area contributed by atoms with Crippen molar-refractivity contribution in [2.24, 2.45) is 12.2 Å². The van der Waals surface area contributed by atoms with Crippen LogP contribution in [0.2, 0.25) is 0 Å². The number of aryl methyl sites for hydroxylation is 2. The Kier molecular flexibility index (Phi) is 4.69. The van der Waals surface area contributed by atoms with Crippen LogP contribution in [0.1, 0.15) is 23.7 Å². The van der Waals surface area contributed by atoms with Crippen LogP contribution in [0.25, 0.3) is 5.69 Å². The van der Waals surface area contributed by atoms with Crippen molar-refractivity contribution >= 4 is 5.71 Å². The minimum Gasteiger partial charge on any atom is -0.391 e. The summed E-state index contributed by atoms with van der Waals surface area (Å²) in [6.07, 6.45) is 1.70. The molecular formula is C17H18N6O2. The van der Waals surface area contributed by atoms with Crippen LogP contribution in [0, 0.1) is 6.92 Å². The minimum absolute atomic E-state index is 0.204. The van der Waals surface area contributed by atoms with E-state index in [1.807, 2.05) is 44.2 Å². The van der Waals surface area contributed by atoms with E-state index in [0.717, 1.165) is 16.8 Å². The molecule has 0 N–H and O–H groups in total. The molecule has 2 heterocycles. The summed E-state index contributed by atoms with van der Waals surface area (Å²) in [5.74, 6) is 0. The first-order chi connectivity index (χ1) is 12.1. The standard InChI is InChI=1S/C17H18N6O2/c1-12-7-6-9-16(23-17(24)22(3)20-21-23)14(12)11-25-19-13(2)15-8-4-5-10-18-15/h4-10H,11H2,1-3H3. The molecule has 3 rings (SSSR count). The van der Waals surface area contributed by atoms with E-state index in [9.17, 15) is 4.79 Å². The number of oxime groups is 1. The van der Waals surface area contributed by atoms with Gasteiger partial charge in [-0.2, -0.15) is 9.36 Å². The normalized spacial score (nSPS) is 11.6. The van der Waals surface area contributed by atoms with E-state index in [1.165, 1.54) is 9.36 Å². The average molecular weight is 338 g/mol. The van der Waals surface area contributed by atoms with Crippen molar-refractivity contribution < 1.29 is 4.84 Å². The van der Waals surface area contributed by atoms with Gasteiger partial charge in [-0.15, -0.1) is 0 Å². The Morgan fingerprint density at radius 2 is 2.04 bits per heavy atom. The maximum Gasteiger partial charge on any atom is 0.368 e. The summed E-state index contributed by atoms with van der Waals surface area (Å²) < 4.78 is 2.43. The SMILES string of the molecule is CC(=NOCc1c(C)cccc1-n1nnn(C)c1=O)c1ccccn1. The Balaban J connectivity index is 1.86. The highest BCUT2D eigenvalue weighted by atomic mass is 16.6. The summed E-state index contributed by atoms with van der Waals surface area (Å²) in [4.78, 5) is 21.9. The lowest BCUT2D eigenvalue weighted by Crippen LogP contribution is -2.23. The van der Waals surface area contributed by atoms with Gasteiger partial charge < -0.3 is 4.84 Å². The summed E-state index contributed by atoms with van der Waals surface area (Å²) >= 11 is 0. The van der Waals surface area contributed by atoms with Crippen LogP contribution < -0.4 is 5.69 Å². The average Bonchev–Trinajstić information content (AvgIpc) is 2.96. The van der Waals surface area contributed by atoms with Gasteiger partial charge in [0.2, 0.25) is 0 Å². The van der Waals surface area contributed by atoms with Gasteiger partial charge in [0.25, 0.3) is 0 Å². The molecule has 2 aromatic heterocycles. The Labute approximate surface area is 144 Å². The highest BCUT2D eigenvalue weighted by molar-refractivity contribution is 5.96. The molecule has 8 heteroatoms. The minimum atomic E-state index is -0.319. The largest absolute Gasteiger partial charge is 0.391 e. The van der Waals surface area contributed by atoms with Crippen LogP contribution >= 0.6 is 0 Å². The lowest BCUT2D eigenvalue weighted by Gasteiger charge is -2.10. The number of benzene rings is 1. The predicted octanol–water partition coefficient (Wildman–Crippen LogP) is 1.61. The lowest BCUT2D eigenvalue weighted by atomic mass is 10.1. The molecule has 128 valence electrons. The van der Waals surface area contributed by atoms with Gasteiger partial charge in [0.1, 0.15) is 12.3 Å². The van der Waals surface area contributed by atoms with Gasteiger partial charge in [0.05, 0.1) is 11.4 Å². The highest BCUT2D eigenvalue weighted by Gasteiger charge is 2.13. The van der Waals surface area contributed by atoms with E-state index in [-0.39, 0.29) is 12.3 Å². The fourth-order valence-electron chi connectivity index (χ4n) is 2.36. The summed E-state index contributed by atoms with van der Waals surface area (Å²) in [6.45, 7) is 3.97. The van der Waals surface area contributed by atoms with E-state index in [4.69, 9.17) is 4.84 Å². The number of hydrogen-bond donors (Lipinski definition) is 0. The molecule has 0 unspecified atom stereocenters. The van der Waals surface area contributed by atoms with Crippen LogP contribution in [0.15, 0.2) is 52.5 Å². The van der Waals surface area contributed by atoms with Crippen LogP contribution in [-0.2, 0) is 18.5 Å². The molecule has 0 aliphatic carbocycles. The molecule has 0 saturated carbocycles. The smallest absolute Gasteiger partial charge is 0.368 e. The molecule has 1 aromatic carbocycles. The Morgan fingerprint density at radius 3 is 2.72 bits per heavy atom. The molecule has 8 nitrogen and oxygen atoms in total. The fourth-order valence-corrected chi connectivity index (χ4v) is 2.36. The van der Waals surface area contributed by atoms with Crippen molar-refractivity contribution in [1.29, 1.82) is 0 Å². The zero-order valence-corrected chi connectivity index (χ0v) is 14.2. The second-order valence-electron chi connectivity index (χ2n) is 5.53. The Morgan fingerprint density at radius 1 is 1.20 bits per heavy atom. The monoisotopic (exact) mass is 338 g/mol. The van der Waals surface area contributed by atoms with Crippen LogP contribution in [0.5, 0.6) is 0 Å². The van der Waals surface area contributed by atoms with E-state index >= 15 is 0 Å². The third-order valence-corrected chi connectivity index (χ3v) is 3.78. The third-order valence-electron chi connectivity index (χ3n) is 3.78. The molecule has 0 amide bonds. The van der Waals surface area contributed by atoms with Gasteiger partial charge in [-0.1, -0.05) is 23.4 Å². The first kappa shape index (κ1) is 16.6. The van der Waals surface area contributed by atoms with Crippen LogP contribution in [0.3, 0.4) is 0 Å². The maximum absolute atomic E-state index is 12.1. The Bertz CT molecular complexity index is 959. The van der Waals surface area contributed by atoms with Crippen molar-refractivity contribution in [2.75, 3.05) is 0 Å². The van der Waals surface area contributed by atoms with Gasteiger partial charge in [-0.25, -0.2) is 4.79 Å². The zero-order chi connectivity index (χ0) is 17.8. The molecular weight excluding hydrogens is 320 g/mol. The molecule has 0 atom stereocenters. The maximum atomic E-state index is 12.1. The van der Waals surface area contributed by atoms with Gasteiger partial charge in [0.15, 0.2) is 0 Å². The molecule has 25 heavy (non-hydrogen) atoms. The highest BCUT2D eigenvalue weighted by Crippen LogP contribution is 2.18. The number of nitrogens with zero attached hydrogens (tertiary/aromatic N) is 6. The molecule has 0 saturated heterocycles.